The Kier molecular flexibility index (Phi) is 5.51. The summed E-state index contributed by atoms with van der Waals surface area (Å²) in [5.41, 5.74) is 0. The monoisotopic (exact) mass is 334 g/mol. The van der Waals surface area contributed by atoms with E-state index in [-0.39, 0.29) is 0 Å². The molecule has 0 radical (unpaired) electrons. The van der Waals surface area contributed by atoms with Gasteiger partial charge in [-0.25, -0.2) is 0 Å². The molecule has 136 valence electrons. The van der Waals surface area contributed by atoms with Crippen LogP contribution >= 0.6 is 0 Å². The number of hydrogen-bond donors (Lipinski definition) is 0. The van der Waals surface area contributed by atoms with E-state index >= 15 is 0 Å². The lowest BCUT2D eigenvalue weighted by atomic mass is 9.92. The van der Waals surface area contributed by atoms with Crippen LogP contribution in [0.1, 0.15) is 59.3 Å². The van der Waals surface area contributed by atoms with Gasteiger partial charge in [0.05, 0.1) is 0 Å². The lowest BCUT2D eigenvalue weighted by molar-refractivity contribution is -0.135. The molecule has 0 bridgehead atoms. The Morgan fingerprint density at radius 2 is 1.62 bits per heavy atom. The van der Waals surface area contributed by atoms with Crippen LogP contribution in [-0.4, -0.2) is 47.8 Å². The van der Waals surface area contributed by atoms with E-state index in [2.05, 4.69) is 30.6 Å². The number of carbonyl (C=O) groups excluding carboxylic acids is 2. The molecule has 0 N–H and O–H groups in total. The van der Waals surface area contributed by atoms with Gasteiger partial charge < -0.3 is 9.80 Å². The largest absolute Gasteiger partial charge is 0.343 e. The molecule has 1 heterocycles. The molecule has 0 aromatic heterocycles. The summed E-state index contributed by atoms with van der Waals surface area (Å²) in [5, 5.41) is 0. The van der Waals surface area contributed by atoms with E-state index in [0.29, 0.717) is 35.5 Å². The molecule has 3 fully saturated rings. The number of amides is 2. The molecule has 24 heavy (non-hydrogen) atoms. The number of nitrogens with zero attached hydrogens (tertiary/aromatic N) is 2. The smallest absolute Gasteiger partial charge is 0.225 e. The lowest BCUT2D eigenvalue weighted by Crippen LogP contribution is -2.39. The van der Waals surface area contributed by atoms with Crippen LogP contribution in [0.15, 0.2) is 0 Å². The van der Waals surface area contributed by atoms with Gasteiger partial charge in [0.25, 0.3) is 0 Å². The third kappa shape index (κ3) is 4.12. The van der Waals surface area contributed by atoms with E-state index in [1.165, 1.54) is 6.42 Å². The summed E-state index contributed by atoms with van der Waals surface area (Å²) in [7, 11) is 0. The minimum atomic E-state index is 0.309. The van der Waals surface area contributed by atoms with E-state index in [1.54, 1.807) is 0 Å². The summed E-state index contributed by atoms with van der Waals surface area (Å²) in [6.07, 6.45) is 6.78. The zero-order valence-electron chi connectivity index (χ0n) is 15.7. The molecule has 4 atom stereocenters. The molecule has 3 rings (SSSR count). The standard InChI is InChI=1S/C20H34N2O2/c1-4-21(19(23)17-12-14(17)2)9-5-6-16-7-10-22(11-8-16)20(24)18-13-15(18)3/h14-18H,4-13H2,1-3H3/t14-,15-,17-,18+/m0/s1. The minimum absolute atomic E-state index is 0.309. The Morgan fingerprint density at radius 3 is 2.12 bits per heavy atom. The summed E-state index contributed by atoms with van der Waals surface area (Å²) < 4.78 is 0. The quantitative estimate of drug-likeness (QED) is 0.717. The number of rotatable bonds is 7. The number of piperidine rings is 1. The molecule has 1 saturated heterocycles. The molecule has 3 aliphatic rings. The summed E-state index contributed by atoms with van der Waals surface area (Å²) in [4.78, 5) is 28.8. The third-order valence-corrected chi connectivity index (χ3v) is 6.51. The van der Waals surface area contributed by atoms with Crippen molar-refractivity contribution in [2.75, 3.05) is 26.2 Å². The van der Waals surface area contributed by atoms with Gasteiger partial charge in [-0.3, -0.25) is 9.59 Å². The van der Waals surface area contributed by atoms with Gasteiger partial charge in [-0.05, 0) is 63.2 Å². The van der Waals surface area contributed by atoms with E-state index in [0.717, 1.165) is 64.2 Å². The molecular weight excluding hydrogens is 300 g/mol. The summed E-state index contributed by atoms with van der Waals surface area (Å²) in [6, 6.07) is 0. The van der Waals surface area contributed by atoms with Gasteiger partial charge in [0.2, 0.25) is 11.8 Å². The second-order valence-corrected chi connectivity index (χ2v) is 8.47. The molecule has 0 aromatic carbocycles. The van der Waals surface area contributed by atoms with Gasteiger partial charge in [-0.2, -0.15) is 0 Å². The van der Waals surface area contributed by atoms with Gasteiger partial charge in [-0.15, -0.1) is 0 Å². The van der Waals surface area contributed by atoms with Gasteiger partial charge in [0, 0.05) is 38.0 Å². The van der Waals surface area contributed by atoms with E-state index in [4.69, 9.17) is 0 Å². The first-order valence-corrected chi connectivity index (χ1v) is 10.1. The molecule has 4 heteroatoms. The highest BCUT2D eigenvalue weighted by molar-refractivity contribution is 5.82. The minimum Gasteiger partial charge on any atom is -0.343 e. The highest BCUT2D eigenvalue weighted by Gasteiger charge is 2.42. The molecule has 0 aromatic rings. The molecule has 1 aliphatic heterocycles. The maximum Gasteiger partial charge on any atom is 0.225 e. The lowest BCUT2D eigenvalue weighted by Gasteiger charge is -2.32. The molecule has 2 saturated carbocycles. The second-order valence-electron chi connectivity index (χ2n) is 8.47. The maximum absolute atomic E-state index is 12.3. The molecule has 2 amide bonds. The highest BCUT2D eigenvalue weighted by atomic mass is 16.2. The Morgan fingerprint density at radius 1 is 1.04 bits per heavy atom. The van der Waals surface area contributed by atoms with Crippen molar-refractivity contribution in [1.82, 2.24) is 9.80 Å². The number of carbonyl (C=O) groups is 2. The topological polar surface area (TPSA) is 40.6 Å². The van der Waals surface area contributed by atoms with E-state index in [1.807, 2.05) is 0 Å². The summed E-state index contributed by atoms with van der Waals surface area (Å²) in [5.74, 6) is 3.37. The number of hydrogen-bond acceptors (Lipinski definition) is 2. The number of likely N-dealkylation sites (tertiary alicyclic amines) is 1. The first kappa shape index (κ1) is 17.8. The molecule has 0 unspecified atom stereocenters. The van der Waals surface area contributed by atoms with Gasteiger partial charge in [-0.1, -0.05) is 13.8 Å². The third-order valence-electron chi connectivity index (χ3n) is 6.51. The fourth-order valence-electron chi connectivity index (χ4n) is 4.24. The fraction of sp³-hybridized carbons (Fsp3) is 0.900. The van der Waals surface area contributed by atoms with Crippen LogP contribution in [0.25, 0.3) is 0 Å². The van der Waals surface area contributed by atoms with Crippen LogP contribution in [0.2, 0.25) is 0 Å². The first-order chi connectivity index (χ1) is 11.5. The van der Waals surface area contributed by atoms with Crippen molar-refractivity contribution in [2.45, 2.75) is 59.3 Å². The summed E-state index contributed by atoms with van der Waals surface area (Å²) >= 11 is 0. The zero-order valence-corrected chi connectivity index (χ0v) is 15.7. The Hall–Kier alpha value is -1.06. The molecular formula is C20H34N2O2. The Bertz CT molecular complexity index is 470. The first-order valence-electron chi connectivity index (χ1n) is 10.1. The maximum atomic E-state index is 12.3. The molecule has 4 nitrogen and oxygen atoms in total. The summed E-state index contributed by atoms with van der Waals surface area (Å²) in [6.45, 7) is 10.1. The zero-order chi connectivity index (χ0) is 17.3. The second kappa shape index (κ2) is 7.45. The van der Waals surface area contributed by atoms with Crippen molar-refractivity contribution in [3.8, 4) is 0 Å². The normalized spacial score (nSPS) is 32.5. The Balaban J connectivity index is 1.33. The van der Waals surface area contributed by atoms with Crippen molar-refractivity contribution < 1.29 is 9.59 Å². The van der Waals surface area contributed by atoms with Crippen molar-refractivity contribution in [1.29, 1.82) is 0 Å². The highest BCUT2D eigenvalue weighted by Crippen LogP contribution is 2.40. The van der Waals surface area contributed by atoms with Crippen LogP contribution in [0.4, 0.5) is 0 Å². The van der Waals surface area contributed by atoms with Crippen LogP contribution < -0.4 is 0 Å². The van der Waals surface area contributed by atoms with Gasteiger partial charge in [0.15, 0.2) is 0 Å². The van der Waals surface area contributed by atoms with Crippen LogP contribution in [0.5, 0.6) is 0 Å². The van der Waals surface area contributed by atoms with Crippen LogP contribution in [-0.2, 0) is 9.59 Å². The van der Waals surface area contributed by atoms with E-state index in [9.17, 15) is 9.59 Å². The van der Waals surface area contributed by atoms with Crippen LogP contribution in [0.3, 0.4) is 0 Å². The van der Waals surface area contributed by atoms with Crippen LogP contribution in [0, 0.1) is 29.6 Å². The fourth-order valence-corrected chi connectivity index (χ4v) is 4.24. The van der Waals surface area contributed by atoms with Gasteiger partial charge >= 0.3 is 0 Å². The predicted molar refractivity (Wildman–Crippen MR) is 95.3 cm³/mol. The SMILES string of the molecule is CCN(CCCC1CCN(C(=O)[C@@H]2C[C@@H]2C)CC1)C(=O)[C@H]1C[C@@H]1C. The molecule has 2 aliphatic carbocycles. The van der Waals surface area contributed by atoms with Crippen molar-refractivity contribution in [3.63, 3.8) is 0 Å². The van der Waals surface area contributed by atoms with E-state index < -0.39 is 0 Å². The predicted octanol–water partition coefficient (Wildman–Crippen LogP) is 3.17. The van der Waals surface area contributed by atoms with Crippen molar-refractivity contribution in [2.24, 2.45) is 29.6 Å². The average Bonchev–Trinajstić information content (AvgIpc) is 3.49. The van der Waals surface area contributed by atoms with Crippen molar-refractivity contribution >= 4 is 11.8 Å². The average molecular weight is 335 g/mol. The van der Waals surface area contributed by atoms with Crippen molar-refractivity contribution in [3.05, 3.63) is 0 Å². The molecule has 0 spiro atoms. The van der Waals surface area contributed by atoms with Gasteiger partial charge in [0.1, 0.15) is 0 Å². The Labute approximate surface area is 146 Å².